The van der Waals surface area contributed by atoms with Crippen molar-refractivity contribution in [3.8, 4) is 5.69 Å². The number of H-pyrrole nitrogens is 1. The van der Waals surface area contributed by atoms with Crippen LogP contribution in [0.5, 0.6) is 0 Å². The van der Waals surface area contributed by atoms with Gasteiger partial charge in [0.1, 0.15) is 0 Å². The molecule has 22 heavy (non-hydrogen) atoms. The normalized spacial score (nSPS) is 13.6. The van der Waals surface area contributed by atoms with Crippen LogP contribution in [0.2, 0.25) is 0 Å². The van der Waals surface area contributed by atoms with Crippen LogP contribution in [-0.4, -0.2) is 20.9 Å². The van der Waals surface area contributed by atoms with Gasteiger partial charge in [-0.25, -0.2) is 4.68 Å². The van der Waals surface area contributed by atoms with E-state index in [4.69, 9.17) is 5.11 Å². The predicted octanol–water partition coefficient (Wildman–Crippen LogP) is 1.03. The highest BCUT2D eigenvalue weighted by molar-refractivity contribution is 5.70. The first-order valence-corrected chi connectivity index (χ1v) is 7.24. The summed E-state index contributed by atoms with van der Waals surface area (Å²) in [6.45, 7) is 0. The van der Waals surface area contributed by atoms with Crippen LogP contribution in [0.1, 0.15) is 29.5 Å². The summed E-state index contributed by atoms with van der Waals surface area (Å²) < 4.78 is 1.25. The zero-order valence-electron chi connectivity index (χ0n) is 12.0. The molecule has 3 rings (SSSR count). The Hall–Kier alpha value is -2.63. The Morgan fingerprint density at radius 1 is 1.09 bits per heavy atom. The van der Waals surface area contributed by atoms with Crippen LogP contribution in [0.15, 0.2) is 33.9 Å². The van der Waals surface area contributed by atoms with E-state index in [1.807, 2.05) is 0 Å². The number of aromatic amines is 1. The summed E-state index contributed by atoms with van der Waals surface area (Å²) in [6, 6.07) is 6.58. The molecule has 0 unspecified atom stereocenters. The number of fused-ring (bicyclic) bond motifs is 1. The molecule has 1 aromatic carbocycles. The van der Waals surface area contributed by atoms with Crippen molar-refractivity contribution in [3.05, 3.63) is 61.7 Å². The first kappa shape index (κ1) is 14.3. The van der Waals surface area contributed by atoms with E-state index in [0.29, 0.717) is 35.2 Å². The van der Waals surface area contributed by atoms with E-state index in [9.17, 15) is 14.4 Å². The lowest BCUT2D eigenvalue weighted by Gasteiger charge is -2.16. The van der Waals surface area contributed by atoms with Gasteiger partial charge < -0.3 is 5.11 Å². The number of aromatic nitrogens is 2. The highest BCUT2D eigenvalue weighted by Crippen LogP contribution is 2.15. The van der Waals surface area contributed by atoms with E-state index in [1.165, 1.54) is 4.68 Å². The van der Waals surface area contributed by atoms with Crippen molar-refractivity contribution >= 4 is 5.97 Å². The number of rotatable bonds is 3. The first-order chi connectivity index (χ1) is 10.6. The molecule has 0 amide bonds. The fourth-order valence-corrected chi connectivity index (χ4v) is 2.87. The molecule has 1 heterocycles. The lowest BCUT2D eigenvalue weighted by atomic mass is 9.94. The van der Waals surface area contributed by atoms with E-state index in [0.717, 1.165) is 12.8 Å². The summed E-state index contributed by atoms with van der Waals surface area (Å²) in [7, 11) is 0. The fourth-order valence-electron chi connectivity index (χ4n) is 2.87. The van der Waals surface area contributed by atoms with E-state index >= 15 is 0 Å². The van der Waals surface area contributed by atoms with Crippen LogP contribution >= 0.6 is 0 Å². The molecule has 0 saturated carbocycles. The van der Waals surface area contributed by atoms with Crippen LogP contribution < -0.4 is 11.1 Å². The summed E-state index contributed by atoms with van der Waals surface area (Å²) >= 11 is 0. The second-order valence-corrected chi connectivity index (χ2v) is 5.48. The van der Waals surface area contributed by atoms with Crippen LogP contribution in [-0.2, 0) is 24.1 Å². The van der Waals surface area contributed by atoms with E-state index in [-0.39, 0.29) is 17.5 Å². The lowest BCUT2D eigenvalue weighted by molar-refractivity contribution is -0.136. The Balaban J connectivity index is 2.05. The van der Waals surface area contributed by atoms with Crippen LogP contribution in [0.25, 0.3) is 5.69 Å². The Labute approximate surface area is 126 Å². The van der Waals surface area contributed by atoms with Crippen LogP contribution in [0.4, 0.5) is 0 Å². The zero-order chi connectivity index (χ0) is 15.7. The van der Waals surface area contributed by atoms with Gasteiger partial charge in [0.05, 0.1) is 12.1 Å². The quantitative estimate of drug-likeness (QED) is 0.885. The van der Waals surface area contributed by atoms with Gasteiger partial charge >= 0.3 is 5.97 Å². The Morgan fingerprint density at radius 3 is 2.36 bits per heavy atom. The molecule has 1 aliphatic rings. The van der Waals surface area contributed by atoms with Crippen molar-refractivity contribution in [2.75, 3.05) is 0 Å². The third-order valence-electron chi connectivity index (χ3n) is 3.97. The fraction of sp³-hybridized carbons (Fsp3) is 0.312. The predicted molar refractivity (Wildman–Crippen MR) is 80.6 cm³/mol. The van der Waals surface area contributed by atoms with Crippen molar-refractivity contribution in [1.29, 1.82) is 0 Å². The molecule has 1 aliphatic carbocycles. The van der Waals surface area contributed by atoms with Gasteiger partial charge in [0, 0.05) is 11.1 Å². The van der Waals surface area contributed by atoms with E-state index < -0.39 is 5.97 Å². The number of carbonyl (C=O) groups is 1. The average Bonchev–Trinajstić information content (AvgIpc) is 2.51. The number of hydrogen-bond donors (Lipinski definition) is 2. The van der Waals surface area contributed by atoms with Crippen molar-refractivity contribution in [2.24, 2.45) is 0 Å². The zero-order valence-corrected chi connectivity index (χ0v) is 12.0. The second-order valence-electron chi connectivity index (χ2n) is 5.48. The Morgan fingerprint density at radius 2 is 1.73 bits per heavy atom. The number of carboxylic acid groups (broad SMARTS) is 1. The molecule has 2 aromatic rings. The van der Waals surface area contributed by atoms with Gasteiger partial charge in [-0.3, -0.25) is 19.5 Å². The van der Waals surface area contributed by atoms with Gasteiger partial charge in [0.2, 0.25) is 0 Å². The third kappa shape index (κ3) is 2.59. The van der Waals surface area contributed by atoms with Gasteiger partial charge in [-0.15, -0.1) is 0 Å². The van der Waals surface area contributed by atoms with Gasteiger partial charge in [-0.2, -0.15) is 0 Å². The monoisotopic (exact) mass is 300 g/mol. The molecule has 0 spiro atoms. The summed E-state index contributed by atoms with van der Waals surface area (Å²) in [5.74, 6) is -0.910. The first-order valence-electron chi connectivity index (χ1n) is 7.24. The van der Waals surface area contributed by atoms with E-state index in [2.05, 4.69) is 5.10 Å². The van der Waals surface area contributed by atoms with Crippen molar-refractivity contribution in [2.45, 2.75) is 32.1 Å². The lowest BCUT2D eigenvalue weighted by Crippen LogP contribution is -2.35. The maximum absolute atomic E-state index is 12.5. The van der Waals surface area contributed by atoms with Crippen molar-refractivity contribution < 1.29 is 9.90 Å². The minimum Gasteiger partial charge on any atom is -0.481 e. The molecule has 0 radical (unpaired) electrons. The molecular weight excluding hydrogens is 284 g/mol. The summed E-state index contributed by atoms with van der Waals surface area (Å²) in [6.07, 6.45) is 3.07. The molecule has 114 valence electrons. The standard InChI is InChI=1S/C16H16N2O4/c19-14(20)9-10-5-7-11(8-6-10)18-16(22)13-4-2-1-3-12(13)15(21)17-18/h5-8H,1-4,9H2,(H,17,21)(H,19,20). The maximum Gasteiger partial charge on any atom is 0.307 e. The van der Waals surface area contributed by atoms with Gasteiger partial charge in [0.15, 0.2) is 0 Å². The minimum absolute atomic E-state index is 0.0735. The molecule has 0 fully saturated rings. The minimum atomic E-state index is -0.910. The highest BCUT2D eigenvalue weighted by atomic mass is 16.4. The smallest absolute Gasteiger partial charge is 0.307 e. The van der Waals surface area contributed by atoms with E-state index in [1.54, 1.807) is 24.3 Å². The molecule has 6 nitrogen and oxygen atoms in total. The molecular formula is C16H16N2O4. The summed E-state index contributed by atoms with van der Waals surface area (Å²) in [5, 5.41) is 11.4. The third-order valence-corrected chi connectivity index (χ3v) is 3.97. The number of aliphatic carboxylic acids is 1. The van der Waals surface area contributed by atoms with Crippen molar-refractivity contribution in [1.82, 2.24) is 9.78 Å². The molecule has 2 N–H and O–H groups in total. The van der Waals surface area contributed by atoms with Crippen molar-refractivity contribution in [3.63, 3.8) is 0 Å². The van der Waals surface area contributed by atoms with Gasteiger partial charge in [-0.05, 0) is 43.4 Å². The Bertz CT molecular complexity index is 831. The number of hydrogen-bond acceptors (Lipinski definition) is 3. The average molecular weight is 300 g/mol. The number of nitrogens with one attached hydrogen (secondary N) is 1. The maximum atomic E-state index is 12.5. The van der Waals surface area contributed by atoms with Gasteiger partial charge in [-0.1, -0.05) is 12.1 Å². The molecule has 1 aromatic heterocycles. The van der Waals surface area contributed by atoms with Gasteiger partial charge in [0.25, 0.3) is 11.1 Å². The molecule has 6 heteroatoms. The largest absolute Gasteiger partial charge is 0.481 e. The Kier molecular flexibility index (Phi) is 3.66. The van der Waals surface area contributed by atoms with Crippen LogP contribution in [0.3, 0.4) is 0 Å². The van der Waals surface area contributed by atoms with Crippen LogP contribution in [0, 0.1) is 0 Å². The number of carboxylic acids is 1. The second kappa shape index (κ2) is 5.63. The highest BCUT2D eigenvalue weighted by Gasteiger charge is 2.18. The molecule has 0 bridgehead atoms. The topological polar surface area (TPSA) is 92.2 Å². The number of benzene rings is 1. The molecule has 0 atom stereocenters. The number of nitrogens with zero attached hydrogens (tertiary/aromatic N) is 1. The molecule has 0 aliphatic heterocycles. The molecule has 0 saturated heterocycles. The summed E-state index contributed by atoms with van der Waals surface area (Å²) in [5.41, 5.74) is 1.97. The summed E-state index contributed by atoms with van der Waals surface area (Å²) in [4.78, 5) is 35.3. The SMILES string of the molecule is O=C(O)Cc1ccc(-n2[nH]c(=O)c3c(c2=O)CCCC3)cc1.